The minimum atomic E-state index is -4.70. The molecule has 0 aromatic heterocycles. The van der Waals surface area contributed by atoms with Crippen molar-refractivity contribution in [1.29, 1.82) is 0 Å². The number of halogens is 4. The highest BCUT2D eigenvalue weighted by molar-refractivity contribution is 5.27. The van der Waals surface area contributed by atoms with Crippen molar-refractivity contribution in [2.45, 2.75) is 18.8 Å². The highest BCUT2D eigenvalue weighted by Gasteiger charge is 2.34. The van der Waals surface area contributed by atoms with E-state index in [4.69, 9.17) is 9.47 Å². The molecule has 0 bridgehead atoms. The van der Waals surface area contributed by atoms with Gasteiger partial charge in [-0.1, -0.05) is 24.3 Å². The molecule has 0 spiro atoms. The lowest BCUT2D eigenvalue weighted by Crippen LogP contribution is -2.44. The molecule has 140 valence electrons. The molecule has 1 heterocycles. The van der Waals surface area contributed by atoms with Gasteiger partial charge in [0.25, 0.3) is 0 Å². The Morgan fingerprint density at radius 3 is 2.62 bits per heavy atom. The van der Waals surface area contributed by atoms with Crippen LogP contribution in [0.1, 0.15) is 11.1 Å². The first-order chi connectivity index (χ1) is 12.4. The SMILES string of the molecule is Fc1ccc(CN2CCO[C@H](COc3ccccc3)C2)cc1C(F)(F)F. The zero-order valence-electron chi connectivity index (χ0n) is 14.0. The number of nitrogens with zero attached hydrogens (tertiary/aromatic N) is 1. The van der Waals surface area contributed by atoms with Crippen molar-refractivity contribution in [2.24, 2.45) is 0 Å². The lowest BCUT2D eigenvalue weighted by molar-refractivity contribution is -0.140. The first-order valence-electron chi connectivity index (χ1n) is 8.29. The summed E-state index contributed by atoms with van der Waals surface area (Å²) in [5.41, 5.74) is -0.810. The molecule has 2 aromatic rings. The van der Waals surface area contributed by atoms with Crippen molar-refractivity contribution in [3.8, 4) is 5.75 Å². The largest absolute Gasteiger partial charge is 0.491 e. The number of hydrogen-bond acceptors (Lipinski definition) is 3. The Hall–Kier alpha value is -2.12. The second kappa shape index (κ2) is 8.05. The molecule has 2 aromatic carbocycles. The Morgan fingerprint density at radius 1 is 1.12 bits per heavy atom. The summed E-state index contributed by atoms with van der Waals surface area (Å²) in [5.74, 6) is -0.515. The van der Waals surface area contributed by atoms with Crippen LogP contribution in [0.3, 0.4) is 0 Å². The Labute approximate surface area is 149 Å². The lowest BCUT2D eigenvalue weighted by Gasteiger charge is -2.33. The third-order valence-electron chi connectivity index (χ3n) is 4.14. The van der Waals surface area contributed by atoms with E-state index in [9.17, 15) is 17.6 Å². The highest BCUT2D eigenvalue weighted by Crippen LogP contribution is 2.32. The molecular weight excluding hydrogens is 350 g/mol. The van der Waals surface area contributed by atoms with Crippen LogP contribution in [-0.2, 0) is 17.5 Å². The summed E-state index contributed by atoms with van der Waals surface area (Å²) in [5, 5.41) is 0. The van der Waals surface area contributed by atoms with Gasteiger partial charge in [-0.25, -0.2) is 4.39 Å². The van der Waals surface area contributed by atoms with Crippen LogP contribution >= 0.6 is 0 Å². The topological polar surface area (TPSA) is 21.7 Å². The van der Waals surface area contributed by atoms with Crippen molar-refractivity contribution in [3.63, 3.8) is 0 Å². The molecule has 1 aliphatic heterocycles. The molecule has 0 N–H and O–H groups in total. The van der Waals surface area contributed by atoms with Gasteiger partial charge in [-0.05, 0) is 29.8 Å². The predicted octanol–water partition coefficient (Wildman–Crippen LogP) is 4.12. The Bertz CT molecular complexity index is 721. The summed E-state index contributed by atoms with van der Waals surface area (Å²) in [7, 11) is 0. The van der Waals surface area contributed by atoms with Gasteiger partial charge in [0.15, 0.2) is 0 Å². The van der Waals surface area contributed by atoms with Crippen LogP contribution in [-0.4, -0.2) is 37.3 Å². The number of benzene rings is 2. The molecule has 1 saturated heterocycles. The van der Waals surface area contributed by atoms with Crippen LogP contribution in [0.5, 0.6) is 5.75 Å². The van der Waals surface area contributed by atoms with E-state index in [2.05, 4.69) is 0 Å². The number of alkyl halides is 3. The monoisotopic (exact) mass is 369 g/mol. The van der Waals surface area contributed by atoms with E-state index in [0.717, 1.165) is 17.9 Å². The summed E-state index contributed by atoms with van der Waals surface area (Å²) < 4.78 is 63.3. The zero-order chi connectivity index (χ0) is 18.6. The molecule has 0 unspecified atom stereocenters. The van der Waals surface area contributed by atoms with Gasteiger partial charge in [-0.2, -0.15) is 13.2 Å². The van der Waals surface area contributed by atoms with E-state index in [1.807, 2.05) is 35.2 Å². The number of rotatable bonds is 5. The Morgan fingerprint density at radius 2 is 1.88 bits per heavy atom. The number of para-hydroxylation sites is 1. The van der Waals surface area contributed by atoms with Crippen LogP contribution in [0, 0.1) is 5.82 Å². The fourth-order valence-electron chi connectivity index (χ4n) is 2.88. The van der Waals surface area contributed by atoms with Gasteiger partial charge in [0.1, 0.15) is 24.3 Å². The Balaban J connectivity index is 1.58. The zero-order valence-corrected chi connectivity index (χ0v) is 14.0. The molecule has 1 atom stereocenters. The highest BCUT2D eigenvalue weighted by atomic mass is 19.4. The van der Waals surface area contributed by atoms with Gasteiger partial charge in [0.2, 0.25) is 0 Å². The molecule has 3 rings (SSSR count). The Kier molecular flexibility index (Phi) is 5.78. The summed E-state index contributed by atoms with van der Waals surface area (Å²) >= 11 is 0. The second-order valence-corrected chi connectivity index (χ2v) is 6.16. The van der Waals surface area contributed by atoms with Gasteiger partial charge in [-0.15, -0.1) is 0 Å². The third-order valence-corrected chi connectivity index (χ3v) is 4.14. The lowest BCUT2D eigenvalue weighted by atomic mass is 10.1. The average Bonchev–Trinajstić information content (AvgIpc) is 2.62. The fraction of sp³-hybridized carbons (Fsp3) is 0.368. The molecule has 7 heteroatoms. The van der Waals surface area contributed by atoms with E-state index in [0.29, 0.717) is 38.4 Å². The van der Waals surface area contributed by atoms with Crippen molar-refractivity contribution >= 4 is 0 Å². The first kappa shape index (κ1) is 18.7. The molecule has 26 heavy (non-hydrogen) atoms. The number of ether oxygens (including phenoxy) is 2. The first-order valence-corrected chi connectivity index (χ1v) is 8.29. The van der Waals surface area contributed by atoms with Crippen LogP contribution in [0.25, 0.3) is 0 Å². The van der Waals surface area contributed by atoms with E-state index in [-0.39, 0.29) is 6.10 Å². The minimum absolute atomic E-state index is 0.175. The van der Waals surface area contributed by atoms with Crippen LogP contribution in [0.2, 0.25) is 0 Å². The van der Waals surface area contributed by atoms with Crippen molar-refractivity contribution in [3.05, 3.63) is 65.5 Å². The minimum Gasteiger partial charge on any atom is -0.491 e. The summed E-state index contributed by atoms with van der Waals surface area (Å²) in [4.78, 5) is 1.98. The maximum absolute atomic E-state index is 13.4. The fourth-order valence-corrected chi connectivity index (χ4v) is 2.88. The van der Waals surface area contributed by atoms with Gasteiger partial charge in [0, 0.05) is 19.6 Å². The summed E-state index contributed by atoms with van der Waals surface area (Å²) in [6.45, 7) is 2.26. The van der Waals surface area contributed by atoms with Gasteiger partial charge in [-0.3, -0.25) is 4.90 Å². The summed E-state index contributed by atoms with van der Waals surface area (Å²) in [6, 6.07) is 12.5. The predicted molar refractivity (Wildman–Crippen MR) is 88.4 cm³/mol. The molecule has 1 aliphatic rings. The summed E-state index contributed by atoms with van der Waals surface area (Å²) in [6.07, 6.45) is -4.87. The molecule has 0 amide bonds. The van der Waals surface area contributed by atoms with Crippen molar-refractivity contribution < 1.29 is 27.0 Å². The van der Waals surface area contributed by atoms with Crippen LogP contribution in [0.4, 0.5) is 17.6 Å². The molecule has 3 nitrogen and oxygen atoms in total. The van der Waals surface area contributed by atoms with Crippen molar-refractivity contribution in [1.82, 2.24) is 4.90 Å². The van der Waals surface area contributed by atoms with Gasteiger partial charge >= 0.3 is 6.18 Å². The standard InChI is InChI=1S/C19H19F4NO2/c20-18-7-6-14(10-17(18)19(21,22)23)11-24-8-9-25-16(12-24)13-26-15-4-2-1-3-5-15/h1-7,10,16H,8-9,11-13H2/t16-/m0/s1. The number of hydrogen-bond donors (Lipinski definition) is 0. The maximum atomic E-state index is 13.4. The number of morpholine rings is 1. The molecule has 1 fully saturated rings. The second-order valence-electron chi connectivity index (χ2n) is 6.16. The normalized spacial score (nSPS) is 18.7. The smallest absolute Gasteiger partial charge is 0.419 e. The third kappa shape index (κ3) is 4.95. The molecule has 0 saturated carbocycles. The molecule has 0 radical (unpaired) electrons. The van der Waals surface area contributed by atoms with Gasteiger partial charge < -0.3 is 9.47 Å². The van der Waals surface area contributed by atoms with E-state index < -0.39 is 17.6 Å². The maximum Gasteiger partial charge on any atom is 0.419 e. The van der Waals surface area contributed by atoms with E-state index in [1.165, 1.54) is 6.07 Å². The average molecular weight is 369 g/mol. The quantitative estimate of drug-likeness (QED) is 0.740. The molecule has 0 aliphatic carbocycles. The van der Waals surface area contributed by atoms with E-state index in [1.54, 1.807) is 0 Å². The molecular formula is C19H19F4NO2. The van der Waals surface area contributed by atoms with Gasteiger partial charge in [0.05, 0.1) is 12.2 Å². The van der Waals surface area contributed by atoms with Crippen molar-refractivity contribution in [2.75, 3.05) is 26.3 Å². The van der Waals surface area contributed by atoms with E-state index >= 15 is 0 Å². The van der Waals surface area contributed by atoms with Crippen LogP contribution in [0.15, 0.2) is 48.5 Å². The van der Waals surface area contributed by atoms with Crippen LogP contribution < -0.4 is 4.74 Å².